The maximum absolute atomic E-state index is 2.66. The smallest absolute Gasteiger partial charge is 0.00413 e. The van der Waals surface area contributed by atoms with E-state index in [1.165, 1.54) is 39.0 Å². The lowest BCUT2D eigenvalue weighted by Gasteiger charge is -2.33. The Morgan fingerprint density at radius 2 is 0.913 bits per heavy atom. The largest absolute Gasteiger partial charge is 0.301 e. The van der Waals surface area contributed by atoms with Crippen molar-refractivity contribution >= 4 is 0 Å². The van der Waals surface area contributed by atoms with Crippen LogP contribution in [0.1, 0.15) is 75.2 Å². The van der Waals surface area contributed by atoms with Crippen LogP contribution in [-0.4, -0.2) is 71.6 Å². The Kier molecular flexibility index (Phi) is 12.2. The number of hydrogen-bond donors (Lipinski definition) is 0. The van der Waals surface area contributed by atoms with Crippen LogP contribution < -0.4 is 0 Å². The molecule has 0 atom stereocenters. The minimum absolute atomic E-state index is 0.645. The van der Waals surface area contributed by atoms with Gasteiger partial charge in [0, 0.05) is 24.2 Å². The van der Waals surface area contributed by atoms with Gasteiger partial charge in [-0.3, -0.25) is 4.90 Å². The first kappa shape index (κ1) is 22.9. The summed E-state index contributed by atoms with van der Waals surface area (Å²) < 4.78 is 0. The zero-order valence-corrected chi connectivity index (χ0v) is 17.6. The minimum Gasteiger partial charge on any atom is -0.301 e. The molecule has 0 fully saturated rings. The van der Waals surface area contributed by atoms with Crippen molar-refractivity contribution in [2.75, 3.05) is 32.7 Å². The van der Waals surface area contributed by atoms with Gasteiger partial charge in [0.1, 0.15) is 0 Å². The highest BCUT2D eigenvalue weighted by Crippen LogP contribution is 2.08. The summed E-state index contributed by atoms with van der Waals surface area (Å²) in [6.07, 6.45) is 2.55. The molecule has 0 N–H and O–H groups in total. The molecule has 0 rings (SSSR count). The van der Waals surface area contributed by atoms with Crippen molar-refractivity contribution in [3.05, 3.63) is 0 Å². The molecule has 0 unspecified atom stereocenters. The first-order valence-corrected chi connectivity index (χ1v) is 9.94. The van der Waals surface area contributed by atoms with Crippen molar-refractivity contribution in [2.45, 2.75) is 99.3 Å². The summed E-state index contributed by atoms with van der Waals surface area (Å²) in [4.78, 5) is 7.83. The zero-order valence-electron chi connectivity index (χ0n) is 17.6. The maximum atomic E-state index is 2.66. The monoisotopic (exact) mass is 327 g/mol. The van der Waals surface area contributed by atoms with E-state index in [4.69, 9.17) is 0 Å². The highest BCUT2D eigenvalue weighted by molar-refractivity contribution is 4.71. The molecule has 0 saturated carbocycles. The molecule has 0 heterocycles. The first-order valence-electron chi connectivity index (χ1n) is 9.94. The van der Waals surface area contributed by atoms with Gasteiger partial charge < -0.3 is 9.80 Å². The summed E-state index contributed by atoms with van der Waals surface area (Å²) in [6.45, 7) is 26.8. The van der Waals surface area contributed by atoms with E-state index in [0.29, 0.717) is 24.2 Å². The molecule has 0 aliphatic heterocycles. The minimum atomic E-state index is 0.645. The van der Waals surface area contributed by atoms with Crippen LogP contribution in [0.15, 0.2) is 0 Å². The highest BCUT2D eigenvalue weighted by Gasteiger charge is 2.15. The van der Waals surface area contributed by atoms with Crippen molar-refractivity contribution in [1.82, 2.24) is 14.7 Å². The molecule has 23 heavy (non-hydrogen) atoms. The van der Waals surface area contributed by atoms with E-state index in [2.05, 4.69) is 77.0 Å². The van der Waals surface area contributed by atoms with E-state index in [1.54, 1.807) is 0 Å². The van der Waals surface area contributed by atoms with Crippen molar-refractivity contribution in [2.24, 2.45) is 0 Å². The average Bonchev–Trinajstić information content (AvgIpc) is 2.43. The maximum Gasteiger partial charge on any atom is 0.00413 e. The third-order valence-corrected chi connectivity index (χ3v) is 4.95. The SMILES string of the molecule is CCN(CCCN(CCCN(C(C)C)C(C)C)C(C)C)C(C)C. The Hall–Kier alpha value is -0.120. The standard InChI is InChI=1S/C20H45N3/c1-10-21(17(2)3)13-11-14-22(18(4)5)15-12-16-23(19(6)7)20(8)9/h17-20H,10-16H2,1-9H3. The van der Waals surface area contributed by atoms with Crippen LogP contribution in [0.3, 0.4) is 0 Å². The van der Waals surface area contributed by atoms with Crippen LogP contribution in [0, 0.1) is 0 Å². The fourth-order valence-corrected chi connectivity index (χ4v) is 3.46. The van der Waals surface area contributed by atoms with Gasteiger partial charge in [0.2, 0.25) is 0 Å². The predicted molar refractivity (Wildman–Crippen MR) is 105 cm³/mol. The van der Waals surface area contributed by atoms with Crippen LogP contribution >= 0.6 is 0 Å². The van der Waals surface area contributed by atoms with Crippen molar-refractivity contribution < 1.29 is 0 Å². The predicted octanol–water partition coefficient (Wildman–Crippen LogP) is 4.33. The molecule has 0 aromatic rings. The Labute approximate surface area is 147 Å². The third kappa shape index (κ3) is 9.69. The fourth-order valence-electron chi connectivity index (χ4n) is 3.46. The second-order valence-corrected chi connectivity index (χ2v) is 7.98. The van der Waals surface area contributed by atoms with Crippen molar-refractivity contribution in [3.63, 3.8) is 0 Å². The molecule has 0 radical (unpaired) electrons. The number of hydrogen-bond acceptors (Lipinski definition) is 3. The molecule has 3 heteroatoms. The van der Waals surface area contributed by atoms with E-state index in [9.17, 15) is 0 Å². The molecule has 140 valence electrons. The molecular weight excluding hydrogens is 282 g/mol. The van der Waals surface area contributed by atoms with Gasteiger partial charge in [0.15, 0.2) is 0 Å². The quantitative estimate of drug-likeness (QED) is 0.498. The van der Waals surface area contributed by atoms with Crippen LogP contribution in [0.5, 0.6) is 0 Å². The zero-order chi connectivity index (χ0) is 18.0. The number of nitrogens with zero attached hydrogens (tertiary/aromatic N) is 3. The van der Waals surface area contributed by atoms with Crippen molar-refractivity contribution in [3.8, 4) is 0 Å². The molecule has 0 aromatic heterocycles. The normalized spacial score (nSPS) is 13.0. The van der Waals surface area contributed by atoms with Crippen molar-refractivity contribution in [1.29, 1.82) is 0 Å². The van der Waals surface area contributed by atoms with E-state index in [1.807, 2.05) is 0 Å². The molecule has 0 amide bonds. The van der Waals surface area contributed by atoms with Gasteiger partial charge in [0.25, 0.3) is 0 Å². The average molecular weight is 328 g/mol. The summed E-state index contributed by atoms with van der Waals surface area (Å²) in [5, 5.41) is 0. The lowest BCUT2D eigenvalue weighted by molar-refractivity contribution is 0.145. The molecule has 0 spiro atoms. The van der Waals surface area contributed by atoms with Gasteiger partial charge in [-0.1, -0.05) is 6.92 Å². The van der Waals surface area contributed by atoms with E-state index >= 15 is 0 Å². The van der Waals surface area contributed by atoms with Gasteiger partial charge in [-0.15, -0.1) is 0 Å². The molecule has 0 saturated heterocycles. The Balaban J connectivity index is 4.22. The lowest BCUT2D eigenvalue weighted by Crippen LogP contribution is -2.41. The third-order valence-electron chi connectivity index (χ3n) is 4.95. The second kappa shape index (κ2) is 12.3. The highest BCUT2D eigenvalue weighted by atomic mass is 15.2. The van der Waals surface area contributed by atoms with Crippen LogP contribution in [0.4, 0.5) is 0 Å². The van der Waals surface area contributed by atoms with Gasteiger partial charge >= 0.3 is 0 Å². The summed E-state index contributed by atoms with van der Waals surface area (Å²) in [5.41, 5.74) is 0. The van der Waals surface area contributed by atoms with Crippen LogP contribution in [-0.2, 0) is 0 Å². The van der Waals surface area contributed by atoms with Gasteiger partial charge in [-0.25, -0.2) is 0 Å². The molecular formula is C20H45N3. The molecule has 0 bridgehead atoms. The van der Waals surface area contributed by atoms with Gasteiger partial charge in [-0.2, -0.15) is 0 Å². The number of rotatable bonds is 13. The molecule has 3 nitrogen and oxygen atoms in total. The Morgan fingerprint density at radius 1 is 0.522 bits per heavy atom. The molecule has 0 aliphatic rings. The summed E-state index contributed by atoms with van der Waals surface area (Å²) in [5.74, 6) is 0. The molecule has 0 aromatic carbocycles. The lowest BCUT2D eigenvalue weighted by atomic mass is 10.2. The topological polar surface area (TPSA) is 9.72 Å². The summed E-state index contributed by atoms with van der Waals surface area (Å²) in [6, 6.07) is 2.60. The van der Waals surface area contributed by atoms with Crippen LogP contribution in [0.2, 0.25) is 0 Å². The first-order chi connectivity index (χ1) is 10.7. The Morgan fingerprint density at radius 3 is 1.26 bits per heavy atom. The van der Waals surface area contributed by atoms with Gasteiger partial charge in [-0.05, 0) is 101 Å². The van der Waals surface area contributed by atoms with E-state index in [-0.39, 0.29) is 0 Å². The summed E-state index contributed by atoms with van der Waals surface area (Å²) >= 11 is 0. The summed E-state index contributed by atoms with van der Waals surface area (Å²) in [7, 11) is 0. The van der Waals surface area contributed by atoms with E-state index < -0.39 is 0 Å². The van der Waals surface area contributed by atoms with Gasteiger partial charge in [0.05, 0.1) is 0 Å². The van der Waals surface area contributed by atoms with E-state index in [0.717, 1.165) is 6.54 Å². The molecule has 0 aliphatic carbocycles. The Bertz CT molecular complexity index is 266. The second-order valence-electron chi connectivity index (χ2n) is 7.98. The van der Waals surface area contributed by atoms with Crippen LogP contribution in [0.25, 0.3) is 0 Å². The fraction of sp³-hybridized carbons (Fsp3) is 1.00.